The predicted molar refractivity (Wildman–Crippen MR) is 70.6 cm³/mol. The molecule has 0 saturated carbocycles. The number of nitrogens with one attached hydrogen (secondary N) is 1. The molecule has 1 heterocycles. The fourth-order valence-corrected chi connectivity index (χ4v) is 2.12. The lowest BCUT2D eigenvalue weighted by molar-refractivity contribution is -0.148. The number of ether oxygens (including phenoxy) is 2. The molecule has 18 heavy (non-hydrogen) atoms. The zero-order chi connectivity index (χ0) is 13.2. The van der Waals surface area contributed by atoms with Crippen molar-refractivity contribution < 1.29 is 14.3 Å². The summed E-state index contributed by atoms with van der Waals surface area (Å²) in [5, 5.41) is 3.35. The van der Waals surface area contributed by atoms with Gasteiger partial charge in [0.05, 0.1) is 13.2 Å². The van der Waals surface area contributed by atoms with Crippen LogP contribution in [0, 0.1) is 0 Å². The Balaban J connectivity index is 1.90. The molecule has 0 aromatic rings. The van der Waals surface area contributed by atoms with Crippen molar-refractivity contribution in [1.82, 2.24) is 10.2 Å². The zero-order valence-electron chi connectivity index (χ0n) is 11.6. The summed E-state index contributed by atoms with van der Waals surface area (Å²) in [6, 6.07) is 0.581. The number of likely N-dealkylation sites (tertiary alicyclic amines) is 1. The number of nitrogens with zero attached hydrogens (tertiary/aromatic N) is 1. The number of esters is 1. The monoisotopic (exact) mass is 258 g/mol. The van der Waals surface area contributed by atoms with Crippen LogP contribution in [-0.2, 0) is 14.3 Å². The van der Waals surface area contributed by atoms with Crippen LogP contribution in [0.2, 0.25) is 0 Å². The van der Waals surface area contributed by atoms with Gasteiger partial charge in [0.25, 0.3) is 0 Å². The topological polar surface area (TPSA) is 50.8 Å². The molecule has 1 rings (SSSR count). The third kappa shape index (κ3) is 6.33. The molecular weight excluding hydrogens is 232 g/mol. The van der Waals surface area contributed by atoms with E-state index in [0.717, 1.165) is 13.1 Å². The lowest BCUT2D eigenvalue weighted by atomic mass is 10.3. The van der Waals surface area contributed by atoms with Gasteiger partial charge in [-0.25, -0.2) is 4.79 Å². The van der Waals surface area contributed by atoms with Gasteiger partial charge in [0.1, 0.15) is 6.61 Å². The van der Waals surface area contributed by atoms with Gasteiger partial charge in [0, 0.05) is 19.1 Å². The van der Waals surface area contributed by atoms with Gasteiger partial charge >= 0.3 is 5.97 Å². The molecule has 1 aliphatic rings. The second-order valence-electron chi connectivity index (χ2n) is 4.65. The van der Waals surface area contributed by atoms with Crippen LogP contribution in [0.1, 0.15) is 26.7 Å². The molecule has 1 atom stereocenters. The maximum Gasteiger partial charge on any atom is 0.332 e. The number of carbonyl (C=O) groups is 1. The molecule has 0 aromatic carbocycles. The second kappa shape index (κ2) is 9.30. The van der Waals surface area contributed by atoms with Gasteiger partial charge in [-0.3, -0.25) is 4.90 Å². The maximum atomic E-state index is 11.0. The Bertz CT molecular complexity index is 230. The van der Waals surface area contributed by atoms with Crippen LogP contribution in [-0.4, -0.2) is 62.9 Å². The van der Waals surface area contributed by atoms with Crippen molar-refractivity contribution in [3.05, 3.63) is 0 Å². The van der Waals surface area contributed by atoms with Gasteiger partial charge in [-0.1, -0.05) is 0 Å². The highest BCUT2D eigenvalue weighted by molar-refractivity contribution is 5.70. The summed E-state index contributed by atoms with van der Waals surface area (Å²) in [5.74, 6) is -0.289. The molecular formula is C13H26N2O3. The van der Waals surface area contributed by atoms with Crippen LogP contribution in [0.15, 0.2) is 0 Å². The predicted octanol–water partition coefficient (Wildman–Crippen LogP) is 0.640. The first kappa shape index (κ1) is 15.4. The minimum absolute atomic E-state index is 0.0528. The van der Waals surface area contributed by atoms with E-state index < -0.39 is 0 Å². The van der Waals surface area contributed by atoms with E-state index in [9.17, 15) is 4.79 Å². The highest BCUT2D eigenvalue weighted by Gasteiger charge is 2.17. The Hall–Kier alpha value is -0.650. The first-order valence-electron chi connectivity index (χ1n) is 6.92. The van der Waals surface area contributed by atoms with E-state index in [2.05, 4.69) is 17.1 Å². The number of hydrogen-bond donors (Lipinski definition) is 1. The summed E-state index contributed by atoms with van der Waals surface area (Å²) in [6.07, 6.45) is 2.65. The van der Waals surface area contributed by atoms with Crippen molar-refractivity contribution in [3.63, 3.8) is 0 Å². The molecule has 0 radical (unpaired) electrons. The normalized spacial score (nSPS) is 17.9. The molecule has 0 amide bonds. The summed E-state index contributed by atoms with van der Waals surface area (Å²) < 4.78 is 9.97. The molecule has 1 saturated heterocycles. The van der Waals surface area contributed by atoms with E-state index >= 15 is 0 Å². The van der Waals surface area contributed by atoms with Crippen molar-refractivity contribution in [2.45, 2.75) is 32.7 Å². The van der Waals surface area contributed by atoms with Crippen LogP contribution in [0.4, 0.5) is 0 Å². The Morgan fingerprint density at radius 3 is 2.78 bits per heavy atom. The Morgan fingerprint density at radius 2 is 2.11 bits per heavy atom. The van der Waals surface area contributed by atoms with Gasteiger partial charge < -0.3 is 14.8 Å². The average Bonchev–Trinajstić information content (AvgIpc) is 2.87. The first-order valence-corrected chi connectivity index (χ1v) is 6.92. The van der Waals surface area contributed by atoms with Gasteiger partial charge in [-0.05, 0) is 39.8 Å². The van der Waals surface area contributed by atoms with Gasteiger partial charge in [0.15, 0.2) is 0 Å². The summed E-state index contributed by atoms with van der Waals surface area (Å²) in [5.41, 5.74) is 0. The Labute approximate surface area is 110 Å². The van der Waals surface area contributed by atoms with Crippen molar-refractivity contribution in [2.24, 2.45) is 0 Å². The Morgan fingerprint density at radius 1 is 1.39 bits per heavy atom. The lowest BCUT2D eigenvalue weighted by Crippen LogP contribution is -2.39. The van der Waals surface area contributed by atoms with Crippen LogP contribution in [0.25, 0.3) is 0 Å². The molecule has 106 valence electrons. The van der Waals surface area contributed by atoms with E-state index in [-0.39, 0.29) is 12.6 Å². The summed E-state index contributed by atoms with van der Waals surface area (Å²) in [7, 11) is 0. The van der Waals surface area contributed by atoms with E-state index in [1.54, 1.807) is 6.92 Å². The largest absolute Gasteiger partial charge is 0.464 e. The SMILES string of the molecule is CCOC(=O)COCCNCC(C)N1CCCC1. The smallest absolute Gasteiger partial charge is 0.332 e. The zero-order valence-corrected chi connectivity index (χ0v) is 11.6. The molecule has 5 heteroatoms. The van der Waals surface area contributed by atoms with Crippen molar-refractivity contribution in [3.8, 4) is 0 Å². The third-order valence-electron chi connectivity index (χ3n) is 3.15. The molecule has 0 aliphatic carbocycles. The fraction of sp³-hybridized carbons (Fsp3) is 0.923. The quantitative estimate of drug-likeness (QED) is 0.486. The number of hydrogen-bond acceptors (Lipinski definition) is 5. The summed E-state index contributed by atoms with van der Waals surface area (Å²) in [6.45, 7) is 9.25. The molecule has 1 aliphatic heterocycles. The minimum atomic E-state index is -0.289. The molecule has 0 aromatic heterocycles. The summed E-state index contributed by atoms with van der Waals surface area (Å²) >= 11 is 0. The number of carbonyl (C=O) groups excluding carboxylic acids is 1. The van der Waals surface area contributed by atoms with Crippen molar-refractivity contribution >= 4 is 5.97 Å². The standard InChI is InChI=1S/C13H26N2O3/c1-3-18-13(16)11-17-9-6-14-10-12(2)15-7-4-5-8-15/h12,14H,3-11H2,1-2H3. The van der Waals surface area contributed by atoms with E-state index in [0.29, 0.717) is 19.3 Å². The molecule has 1 unspecified atom stereocenters. The highest BCUT2D eigenvalue weighted by Crippen LogP contribution is 2.10. The third-order valence-corrected chi connectivity index (χ3v) is 3.15. The highest BCUT2D eigenvalue weighted by atomic mass is 16.6. The van der Waals surface area contributed by atoms with Crippen molar-refractivity contribution in [1.29, 1.82) is 0 Å². The van der Waals surface area contributed by atoms with Crippen molar-refractivity contribution in [2.75, 3.05) is 46.0 Å². The minimum Gasteiger partial charge on any atom is -0.464 e. The molecule has 1 fully saturated rings. The molecule has 0 spiro atoms. The summed E-state index contributed by atoms with van der Waals surface area (Å²) in [4.78, 5) is 13.5. The first-order chi connectivity index (χ1) is 8.74. The molecule has 5 nitrogen and oxygen atoms in total. The number of rotatable bonds is 9. The second-order valence-corrected chi connectivity index (χ2v) is 4.65. The maximum absolute atomic E-state index is 11.0. The van der Waals surface area contributed by atoms with Gasteiger partial charge in [0.2, 0.25) is 0 Å². The molecule has 0 bridgehead atoms. The molecule has 1 N–H and O–H groups in total. The average molecular weight is 258 g/mol. The lowest BCUT2D eigenvalue weighted by Gasteiger charge is -2.23. The van der Waals surface area contributed by atoms with E-state index in [1.165, 1.54) is 25.9 Å². The van der Waals surface area contributed by atoms with Crippen LogP contribution >= 0.6 is 0 Å². The fourth-order valence-electron chi connectivity index (χ4n) is 2.12. The Kier molecular flexibility index (Phi) is 7.96. The van der Waals surface area contributed by atoms with Gasteiger partial charge in [-0.15, -0.1) is 0 Å². The van der Waals surface area contributed by atoms with E-state index in [1.807, 2.05) is 0 Å². The van der Waals surface area contributed by atoms with E-state index in [4.69, 9.17) is 9.47 Å². The van der Waals surface area contributed by atoms with Crippen LogP contribution in [0.5, 0.6) is 0 Å². The van der Waals surface area contributed by atoms with Crippen LogP contribution in [0.3, 0.4) is 0 Å². The van der Waals surface area contributed by atoms with Gasteiger partial charge in [-0.2, -0.15) is 0 Å². The van der Waals surface area contributed by atoms with Crippen LogP contribution < -0.4 is 5.32 Å².